The van der Waals surface area contributed by atoms with Gasteiger partial charge >= 0.3 is 0 Å². The van der Waals surface area contributed by atoms with Crippen molar-refractivity contribution in [3.63, 3.8) is 0 Å². The molecule has 3 N–H and O–H groups in total. The third-order valence-corrected chi connectivity index (χ3v) is 5.32. The maximum Gasteiger partial charge on any atom is 0.246 e. The molecular weight excluding hydrogens is 356 g/mol. The third-order valence-electron chi connectivity index (χ3n) is 3.53. The van der Waals surface area contributed by atoms with Crippen LogP contribution in [-0.2, 0) is 14.8 Å². The summed E-state index contributed by atoms with van der Waals surface area (Å²) in [6, 6.07) is -0.910. The van der Waals surface area contributed by atoms with Crippen molar-refractivity contribution < 1.29 is 17.7 Å². The highest BCUT2D eigenvalue weighted by Crippen LogP contribution is 2.19. The first kappa shape index (κ1) is 22.8. The number of amides is 1. The molecule has 1 amide bonds. The maximum atomic E-state index is 12.4. The number of nitrogens with one attached hydrogen (secondary N) is 1. The van der Waals surface area contributed by atoms with E-state index >= 15 is 0 Å². The van der Waals surface area contributed by atoms with Crippen molar-refractivity contribution >= 4 is 28.3 Å². The predicted octanol–water partition coefficient (Wildman–Crippen LogP) is 0.823. The quantitative estimate of drug-likeness (QED) is 0.720. The number of hydrogen-bond donors (Lipinski definition) is 2. The largest absolute Gasteiger partial charge is 0.360 e. The number of sulfonamides is 1. The number of halogens is 1. The summed E-state index contributed by atoms with van der Waals surface area (Å²) in [7, 11) is -2.26. The predicted molar refractivity (Wildman–Crippen MR) is 93.5 cm³/mol. The fourth-order valence-electron chi connectivity index (χ4n) is 2.32. The highest BCUT2D eigenvalue weighted by molar-refractivity contribution is 7.89. The minimum atomic E-state index is -3.88. The summed E-state index contributed by atoms with van der Waals surface area (Å²) in [4.78, 5) is 13.8. The molecular formula is C14H27ClN4O4S. The van der Waals surface area contributed by atoms with Gasteiger partial charge in [-0.15, -0.1) is 12.4 Å². The smallest absolute Gasteiger partial charge is 0.246 e. The molecule has 24 heavy (non-hydrogen) atoms. The monoisotopic (exact) mass is 382 g/mol. The Hall–Kier alpha value is -1.16. The summed E-state index contributed by atoms with van der Waals surface area (Å²) in [5.41, 5.74) is 5.67. The Labute approximate surface area is 149 Å². The molecule has 140 valence electrons. The molecule has 1 rings (SSSR count). The molecule has 0 aromatic carbocycles. The van der Waals surface area contributed by atoms with E-state index in [1.165, 1.54) is 25.7 Å². The first-order valence-electron chi connectivity index (χ1n) is 7.31. The van der Waals surface area contributed by atoms with Crippen molar-refractivity contribution in [2.75, 3.05) is 20.1 Å². The van der Waals surface area contributed by atoms with E-state index < -0.39 is 16.1 Å². The third kappa shape index (κ3) is 5.44. The number of nitrogens with zero attached hydrogens (tertiary/aromatic N) is 2. The lowest BCUT2D eigenvalue weighted by Gasteiger charge is -2.30. The lowest BCUT2D eigenvalue weighted by molar-refractivity contribution is -0.132. The zero-order valence-corrected chi connectivity index (χ0v) is 16.5. The fourth-order valence-corrected chi connectivity index (χ4v) is 3.84. The lowest BCUT2D eigenvalue weighted by atomic mass is 9.93. The van der Waals surface area contributed by atoms with E-state index in [0.29, 0.717) is 13.1 Å². The van der Waals surface area contributed by atoms with Crippen LogP contribution < -0.4 is 10.5 Å². The fraction of sp³-hybridized carbons (Fsp3) is 0.714. The molecule has 10 heteroatoms. The number of aryl methyl sites for hydroxylation is 2. The van der Waals surface area contributed by atoms with Gasteiger partial charge in [-0.3, -0.25) is 4.79 Å². The van der Waals surface area contributed by atoms with Gasteiger partial charge in [0.2, 0.25) is 15.9 Å². The molecule has 8 nitrogen and oxygen atoms in total. The van der Waals surface area contributed by atoms with Crippen LogP contribution in [0.25, 0.3) is 0 Å². The number of carbonyl (C=O) groups excluding carboxylic acids is 1. The van der Waals surface area contributed by atoms with Crippen LogP contribution in [0.5, 0.6) is 0 Å². The molecule has 1 atom stereocenters. The van der Waals surface area contributed by atoms with E-state index in [2.05, 4.69) is 9.88 Å². The number of likely N-dealkylation sites (N-methyl/N-ethyl adjacent to an activating group) is 1. The van der Waals surface area contributed by atoms with Crippen molar-refractivity contribution in [1.82, 2.24) is 14.8 Å². The maximum absolute atomic E-state index is 12.4. The average Bonchev–Trinajstić information content (AvgIpc) is 2.76. The summed E-state index contributed by atoms with van der Waals surface area (Å²) in [5, 5.41) is 3.63. The van der Waals surface area contributed by atoms with Crippen molar-refractivity contribution in [3.8, 4) is 0 Å². The Morgan fingerprint density at radius 2 is 1.96 bits per heavy atom. The lowest BCUT2D eigenvalue weighted by Crippen LogP contribution is -2.48. The summed E-state index contributed by atoms with van der Waals surface area (Å²) in [5.74, 6) is -0.144. The highest BCUT2D eigenvalue weighted by Gasteiger charge is 2.30. The molecule has 1 unspecified atom stereocenters. The Kier molecular flexibility index (Phi) is 7.88. The van der Waals surface area contributed by atoms with Crippen LogP contribution in [0.1, 0.15) is 32.2 Å². The molecule has 0 bridgehead atoms. The van der Waals surface area contributed by atoms with Gasteiger partial charge in [-0.05, 0) is 32.7 Å². The summed E-state index contributed by atoms with van der Waals surface area (Å²) in [6.45, 7) is 9.28. The molecule has 0 aliphatic heterocycles. The molecule has 1 aromatic rings. The SMILES string of the molecule is Cc1noc(C)c1S(=O)(=O)NC(C)C(=O)N(C)CC(C)(C)CN.Cl. The Morgan fingerprint density at radius 3 is 2.38 bits per heavy atom. The van der Waals surface area contributed by atoms with E-state index in [1.807, 2.05) is 13.8 Å². The van der Waals surface area contributed by atoms with Crippen molar-refractivity contribution in [2.24, 2.45) is 11.1 Å². The van der Waals surface area contributed by atoms with Gasteiger partial charge < -0.3 is 15.2 Å². The summed E-state index contributed by atoms with van der Waals surface area (Å²) in [6.07, 6.45) is 0. The highest BCUT2D eigenvalue weighted by atomic mass is 35.5. The first-order chi connectivity index (χ1) is 10.4. The zero-order chi connectivity index (χ0) is 18.0. The summed E-state index contributed by atoms with van der Waals surface area (Å²) < 4.78 is 32.1. The van der Waals surface area contributed by atoms with Gasteiger partial charge in [0.25, 0.3) is 0 Å². The van der Waals surface area contributed by atoms with Gasteiger partial charge in [-0.2, -0.15) is 4.72 Å². The average molecular weight is 383 g/mol. The van der Waals surface area contributed by atoms with E-state index in [-0.39, 0.29) is 40.1 Å². The van der Waals surface area contributed by atoms with Crippen LogP contribution in [0, 0.1) is 19.3 Å². The Morgan fingerprint density at radius 1 is 1.42 bits per heavy atom. The van der Waals surface area contributed by atoms with Crippen LogP contribution in [0.2, 0.25) is 0 Å². The molecule has 0 aliphatic rings. The molecule has 0 saturated heterocycles. The molecule has 0 spiro atoms. The van der Waals surface area contributed by atoms with Gasteiger partial charge in [0.15, 0.2) is 5.76 Å². The molecule has 1 aromatic heterocycles. The topological polar surface area (TPSA) is 119 Å². The van der Waals surface area contributed by atoms with Gasteiger partial charge in [0.1, 0.15) is 10.6 Å². The normalized spacial score (nSPS) is 13.3. The van der Waals surface area contributed by atoms with Crippen molar-refractivity contribution in [2.45, 2.75) is 45.6 Å². The second kappa shape index (κ2) is 8.28. The van der Waals surface area contributed by atoms with Crippen LogP contribution in [0.3, 0.4) is 0 Å². The van der Waals surface area contributed by atoms with E-state index in [4.69, 9.17) is 10.3 Å². The number of rotatable bonds is 7. The second-order valence-corrected chi connectivity index (χ2v) is 8.21. The zero-order valence-electron chi connectivity index (χ0n) is 14.9. The molecule has 0 radical (unpaired) electrons. The van der Waals surface area contributed by atoms with Gasteiger partial charge in [0, 0.05) is 13.6 Å². The van der Waals surface area contributed by atoms with Gasteiger partial charge in [-0.1, -0.05) is 19.0 Å². The molecule has 0 fully saturated rings. The van der Waals surface area contributed by atoms with Crippen LogP contribution in [-0.4, -0.2) is 50.6 Å². The Bertz CT molecular complexity index is 653. The van der Waals surface area contributed by atoms with Gasteiger partial charge in [0.05, 0.1) is 6.04 Å². The van der Waals surface area contributed by atoms with E-state index in [0.717, 1.165) is 0 Å². The second-order valence-electron chi connectivity index (χ2n) is 6.56. The Balaban J connectivity index is 0.00000529. The minimum Gasteiger partial charge on any atom is -0.360 e. The van der Waals surface area contributed by atoms with Gasteiger partial charge in [-0.25, -0.2) is 8.42 Å². The number of carbonyl (C=O) groups is 1. The van der Waals surface area contributed by atoms with Crippen LogP contribution in [0.15, 0.2) is 9.42 Å². The molecule has 0 aliphatic carbocycles. The molecule has 0 saturated carbocycles. The van der Waals surface area contributed by atoms with Crippen molar-refractivity contribution in [1.29, 1.82) is 0 Å². The first-order valence-corrected chi connectivity index (χ1v) is 8.80. The number of aromatic nitrogens is 1. The van der Waals surface area contributed by atoms with Crippen molar-refractivity contribution in [3.05, 3.63) is 11.5 Å². The standard InChI is InChI=1S/C14H26N4O4S.ClH/c1-9-12(11(3)22-16-9)23(20,21)17-10(2)13(19)18(6)8-14(4,5)7-15;/h10,17H,7-8,15H2,1-6H3;1H. The minimum absolute atomic E-state index is 0. The van der Waals surface area contributed by atoms with Crippen LogP contribution >= 0.6 is 12.4 Å². The van der Waals surface area contributed by atoms with E-state index in [1.54, 1.807) is 7.05 Å². The number of hydrogen-bond acceptors (Lipinski definition) is 6. The summed E-state index contributed by atoms with van der Waals surface area (Å²) >= 11 is 0. The number of nitrogens with two attached hydrogens (primary N) is 1. The van der Waals surface area contributed by atoms with E-state index in [9.17, 15) is 13.2 Å². The van der Waals surface area contributed by atoms with Crippen LogP contribution in [0.4, 0.5) is 0 Å². The molecule has 1 heterocycles.